The maximum atomic E-state index is 13.3. The van der Waals surface area contributed by atoms with Crippen LogP contribution in [0.4, 0.5) is 4.39 Å². The molecule has 0 aliphatic rings. The fourth-order valence-electron chi connectivity index (χ4n) is 2.56. The van der Waals surface area contributed by atoms with Gasteiger partial charge in [-0.05, 0) is 35.7 Å². The van der Waals surface area contributed by atoms with Crippen LogP contribution in [0, 0.1) is 5.82 Å². The normalized spacial score (nSPS) is 12.3. The third kappa shape index (κ3) is 3.40. The minimum atomic E-state index is -1.18. The van der Waals surface area contributed by atoms with Crippen LogP contribution in [-0.4, -0.2) is 22.5 Å². The lowest BCUT2D eigenvalue weighted by Gasteiger charge is -2.11. The second-order valence-corrected chi connectivity index (χ2v) is 5.36. The molecule has 1 unspecified atom stereocenters. The van der Waals surface area contributed by atoms with Crippen LogP contribution in [0.15, 0.2) is 54.7 Å². The van der Waals surface area contributed by atoms with Gasteiger partial charge in [-0.2, -0.15) is 0 Å². The maximum absolute atomic E-state index is 13.3. The SMILES string of the molecule is O=C(NCCc1c[nH]c2ccc(F)cc12)C(O)c1ccccc1. The van der Waals surface area contributed by atoms with E-state index in [-0.39, 0.29) is 5.82 Å². The van der Waals surface area contributed by atoms with E-state index in [1.165, 1.54) is 12.1 Å². The Labute approximate surface area is 133 Å². The predicted molar refractivity (Wildman–Crippen MR) is 86.4 cm³/mol. The van der Waals surface area contributed by atoms with Crippen molar-refractivity contribution < 1.29 is 14.3 Å². The molecule has 1 atom stereocenters. The summed E-state index contributed by atoms with van der Waals surface area (Å²) in [5.41, 5.74) is 2.34. The second kappa shape index (κ2) is 6.62. The predicted octanol–water partition coefficient (Wildman–Crippen LogP) is 2.70. The first-order valence-corrected chi connectivity index (χ1v) is 7.41. The summed E-state index contributed by atoms with van der Waals surface area (Å²) >= 11 is 0. The van der Waals surface area contributed by atoms with Crippen molar-refractivity contribution in [2.45, 2.75) is 12.5 Å². The van der Waals surface area contributed by atoms with Gasteiger partial charge in [-0.3, -0.25) is 4.79 Å². The van der Waals surface area contributed by atoms with Crippen molar-refractivity contribution in [3.05, 3.63) is 71.7 Å². The molecule has 2 aromatic carbocycles. The molecule has 0 saturated heterocycles. The number of aromatic nitrogens is 1. The van der Waals surface area contributed by atoms with E-state index in [4.69, 9.17) is 0 Å². The van der Waals surface area contributed by atoms with Crippen LogP contribution < -0.4 is 5.32 Å². The summed E-state index contributed by atoms with van der Waals surface area (Å²) < 4.78 is 13.3. The zero-order valence-corrected chi connectivity index (χ0v) is 12.4. The van der Waals surface area contributed by atoms with E-state index in [1.54, 1.807) is 30.3 Å². The number of aliphatic hydroxyl groups excluding tert-OH is 1. The Morgan fingerprint density at radius 2 is 2.00 bits per heavy atom. The molecule has 5 heteroatoms. The number of halogens is 1. The van der Waals surface area contributed by atoms with Crippen molar-refractivity contribution in [2.75, 3.05) is 6.54 Å². The van der Waals surface area contributed by atoms with Gasteiger partial charge in [-0.15, -0.1) is 0 Å². The van der Waals surface area contributed by atoms with Crippen LogP contribution in [0.5, 0.6) is 0 Å². The average molecular weight is 312 g/mol. The lowest BCUT2D eigenvalue weighted by molar-refractivity contribution is -0.129. The number of fused-ring (bicyclic) bond motifs is 1. The van der Waals surface area contributed by atoms with Gasteiger partial charge in [0.15, 0.2) is 6.10 Å². The number of rotatable bonds is 5. The van der Waals surface area contributed by atoms with Crippen LogP contribution in [0.2, 0.25) is 0 Å². The van der Waals surface area contributed by atoms with E-state index >= 15 is 0 Å². The number of hydrogen-bond donors (Lipinski definition) is 3. The van der Waals surface area contributed by atoms with Crippen molar-refractivity contribution in [2.24, 2.45) is 0 Å². The number of benzene rings is 2. The van der Waals surface area contributed by atoms with E-state index < -0.39 is 12.0 Å². The zero-order chi connectivity index (χ0) is 16.2. The molecule has 3 aromatic rings. The zero-order valence-electron chi connectivity index (χ0n) is 12.4. The molecule has 4 nitrogen and oxygen atoms in total. The third-order valence-electron chi connectivity index (χ3n) is 3.79. The first kappa shape index (κ1) is 15.2. The van der Waals surface area contributed by atoms with Crippen molar-refractivity contribution in [3.63, 3.8) is 0 Å². The summed E-state index contributed by atoms with van der Waals surface area (Å²) in [7, 11) is 0. The summed E-state index contributed by atoms with van der Waals surface area (Å²) in [4.78, 5) is 15.0. The minimum Gasteiger partial charge on any atom is -0.378 e. The molecule has 3 N–H and O–H groups in total. The summed E-state index contributed by atoms with van der Waals surface area (Å²) in [5.74, 6) is -0.732. The van der Waals surface area contributed by atoms with Crippen LogP contribution in [-0.2, 0) is 11.2 Å². The largest absolute Gasteiger partial charge is 0.378 e. The highest BCUT2D eigenvalue weighted by Crippen LogP contribution is 2.19. The Morgan fingerprint density at radius 3 is 2.78 bits per heavy atom. The van der Waals surface area contributed by atoms with Crippen LogP contribution in [0.3, 0.4) is 0 Å². The number of carbonyl (C=O) groups is 1. The van der Waals surface area contributed by atoms with E-state index in [9.17, 15) is 14.3 Å². The molecule has 1 amide bonds. The molecule has 118 valence electrons. The first-order valence-electron chi connectivity index (χ1n) is 7.41. The highest BCUT2D eigenvalue weighted by atomic mass is 19.1. The summed E-state index contributed by atoms with van der Waals surface area (Å²) in [6.45, 7) is 0.367. The quantitative estimate of drug-likeness (QED) is 0.678. The van der Waals surface area contributed by atoms with Gasteiger partial charge in [0, 0.05) is 23.6 Å². The number of carbonyl (C=O) groups excluding carboxylic acids is 1. The molecular weight excluding hydrogens is 295 g/mol. The Kier molecular flexibility index (Phi) is 4.39. The van der Waals surface area contributed by atoms with Gasteiger partial charge in [0.05, 0.1) is 0 Å². The van der Waals surface area contributed by atoms with Gasteiger partial charge in [0.1, 0.15) is 5.82 Å². The van der Waals surface area contributed by atoms with Gasteiger partial charge in [0.2, 0.25) is 0 Å². The summed E-state index contributed by atoms with van der Waals surface area (Å²) in [6, 6.07) is 13.3. The number of aromatic amines is 1. The first-order chi connectivity index (χ1) is 11.1. The molecule has 0 spiro atoms. The highest BCUT2D eigenvalue weighted by molar-refractivity contribution is 5.84. The smallest absolute Gasteiger partial charge is 0.253 e. The van der Waals surface area contributed by atoms with Crippen molar-refractivity contribution >= 4 is 16.8 Å². The number of nitrogens with one attached hydrogen (secondary N) is 2. The Morgan fingerprint density at radius 1 is 1.22 bits per heavy atom. The monoisotopic (exact) mass is 312 g/mol. The van der Waals surface area contributed by atoms with Gasteiger partial charge < -0.3 is 15.4 Å². The molecule has 1 heterocycles. The van der Waals surface area contributed by atoms with E-state index in [0.717, 1.165) is 16.5 Å². The molecule has 0 saturated carbocycles. The number of H-pyrrole nitrogens is 1. The van der Waals surface area contributed by atoms with Crippen LogP contribution in [0.1, 0.15) is 17.2 Å². The fourth-order valence-corrected chi connectivity index (χ4v) is 2.56. The second-order valence-electron chi connectivity index (χ2n) is 5.36. The number of amides is 1. The topological polar surface area (TPSA) is 65.1 Å². The molecule has 0 bridgehead atoms. The summed E-state index contributed by atoms with van der Waals surface area (Å²) in [6.07, 6.45) is 1.18. The van der Waals surface area contributed by atoms with Gasteiger partial charge in [-0.1, -0.05) is 30.3 Å². The standard InChI is InChI=1S/C18H17FN2O2/c19-14-6-7-16-15(10-14)13(11-21-16)8-9-20-18(23)17(22)12-4-2-1-3-5-12/h1-7,10-11,17,21-22H,8-9H2,(H,20,23). The van der Waals surface area contributed by atoms with Gasteiger partial charge >= 0.3 is 0 Å². The van der Waals surface area contributed by atoms with E-state index in [2.05, 4.69) is 10.3 Å². The Balaban J connectivity index is 1.60. The molecule has 0 fully saturated rings. The molecule has 0 aliphatic carbocycles. The summed E-state index contributed by atoms with van der Waals surface area (Å²) in [5, 5.41) is 13.5. The lowest BCUT2D eigenvalue weighted by atomic mass is 10.1. The molecular formula is C18H17FN2O2. The molecule has 0 aliphatic heterocycles. The third-order valence-corrected chi connectivity index (χ3v) is 3.79. The molecule has 1 aromatic heterocycles. The van der Waals surface area contributed by atoms with Gasteiger partial charge in [0.25, 0.3) is 5.91 Å². The van der Waals surface area contributed by atoms with E-state index in [0.29, 0.717) is 18.5 Å². The van der Waals surface area contributed by atoms with Crippen molar-refractivity contribution in [1.29, 1.82) is 0 Å². The fraction of sp³-hybridized carbons (Fsp3) is 0.167. The average Bonchev–Trinajstić information content (AvgIpc) is 2.97. The lowest BCUT2D eigenvalue weighted by Crippen LogP contribution is -2.30. The maximum Gasteiger partial charge on any atom is 0.253 e. The minimum absolute atomic E-state index is 0.290. The molecule has 0 radical (unpaired) electrons. The Hall–Kier alpha value is -2.66. The van der Waals surface area contributed by atoms with Crippen LogP contribution >= 0.6 is 0 Å². The number of hydrogen-bond acceptors (Lipinski definition) is 2. The van der Waals surface area contributed by atoms with Crippen LogP contribution in [0.25, 0.3) is 10.9 Å². The van der Waals surface area contributed by atoms with Crippen molar-refractivity contribution in [1.82, 2.24) is 10.3 Å². The highest BCUT2D eigenvalue weighted by Gasteiger charge is 2.16. The molecule has 3 rings (SSSR count). The number of aliphatic hydroxyl groups is 1. The van der Waals surface area contributed by atoms with Gasteiger partial charge in [-0.25, -0.2) is 4.39 Å². The Bertz CT molecular complexity index is 814. The van der Waals surface area contributed by atoms with E-state index in [1.807, 2.05) is 12.3 Å². The van der Waals surface area contributed by atoms with Crippen molar-refractivity contribution in [3.8, 4) is 0 Å². The molecule has 23 heavy (non-hydrogen) atoms.